The zero-order chi connectivity index (χ0) is 35.0. The lowest BCUT2D eigenvalue weighted by molar-refractivity contribution is 0.104. The molecule has 0 amide bonds. The first-order valence-corrected chi connectivity index (χ1v) is 17.6. The Hall–Kier alpha value is -6.72. The van der Waals surface area contributed by atoms with Crippen LogP contribution in [0.5, 0.6) is 0 Å². The largest absolute Gasteiger partial charge is 0.289 e. The van der Waals surface area contributed by atoms with Crippen molar-refractivity contribution < 1.29 is 4.79 Å². The fourth-order valence-electron chi connectivity index (χ4n) is 8.19. The van der Waals surface area contributed by atoms with Crippen LogP contribution in [0.15, 0.2) is 158 Å². The lowest BCUT2D eigenvalue weighted by Crippen LogP contribution is -2.17. The molecule has 246 valence electrons. The van der Waals surface area contributed by atoms with Crippen LogP contribution in [0.3, 0.4) is 0 Å². The fraction of sp³-hybridized carbons (Fsp3) is 0.0638. The van der Waals surface area contributed by atoms with Gasteiger partial charge in [0.15, 0.2) is 17.4 Å². The van der Waals surface area contributed by atoms with Crippen molar-refractivity contribution in [1.82, 2.24) is 19.5 Å². The molecule has 0 spiro atoms. The Bertz CT molecular complexity index is 2830. The Kier molecular flexibility index (Phi) is 6.61. The zero-order valence-electron chi connectivity index (χ0n) is 28.7. The van der Waals surface area contributed by atoms with Crippen molar-refractivity contribution >= 4 is 38.4 Å². The number of ketones is 1. The highest BCUT2D eigenvalue weighted by Gasteiger charge is 2.38. The molecule has 0 saturated carbocycles. The van der Waals surface area contributed by atoms with Gasteiger partial charge in [-0.25, -0.2) is 4.98 Å². The minimum Gasteiger partial charge on any atom is -0.289 e. The SMILES string of the molecule is CC1(C)c2ccccc2-c2ccc3c4ccc(C(=O)c5cccc6ccccc56)cc4n(-c4nc(-c5ccccc5)nc(-c5ccccc5)n4)c3c21. The maximum atomic E-state index is 14.4. The average Bonchev–Trinajstić information content (AvgIpc) is 3.65. The van der Waals surface area contributed by atoms with E-state index in [0.29, 0.717) is 28.7 Å². The van der Waals surface area contributed by atoms with Crippen molar-refractivity contribution in [2.24, 2.45) is 0 Å². The summed E-state index contributed by atoms with van der Waals surface area (Å²) in [5.74, 6) is 1.64. The van der Waals surface area contributed by atoms with Crippen LogP contribution >= 0.6 is 0 Å². The van der Waals surface area contributed by atoms with Gasteiger partial charge in [-0.2, -0.15) is 9.97 Å². The van der Waals surface area contributed by atoms with Gasteiger partial charge in [0.05, 0.1) is 11.0 Å². The summed E-state index contributed by atoms with van der Waals surface area (Å²) in [6, 6.07) is 53.3. The summed E-state index contributed by atoms with van der Waals surface area (Å²) < 4.78 is 2.18. The Morgan fingerprint density at radius 1 is 0.558 bits per heavy atom. The molecule has 5 heteroatoms. The molecule has 1 aliphatic rings. The normalized spacial score (nSPS) is 13.0. The van der Waals surface area contributed by atoms with Gasteiger partial charge in [0.1, 0.15) is 0 Å². The highest BCUT2D eigenvalue weighted by atomic mass is 16.1. The van der Waals surface area contributed by atoms with Crippen molar-refractivity contribution in [1.29, 1.82) is 0 Å². The van der Waals surface area contributed by atoms with Crippen molar-refractivity contribution in [2.75, 3.05) is 0 Å². The first-order chi connectivity index (χ1) is 25.5. The summed E-state index contributed by atoms with van der Waals surface area (Å²) in [5.41, 5.74) is 9.60. The number of nitrogens with zero attached hydrogens (tertiary/aromatic N) is 4. The van der Waals surface area contributed by atoms with Crippen LogP contribution in [0.4, 0.5) is 0 Å². The van der Waals surface area contributed by atoms with E-state index in [4.69, 9.17) is 15.0 Å². The molecule has 2 heterocycles. The third kappa shape index (κ3) is 4.49. The maximum Gasteiger partial charge on any atom is 0.238 e. The Morgan fingerprint density at radius 3 is 1.94 bits per heavy atom. The standard InChI is InChI=1S/C47H32N4O/c1-47(2)39-23-12-11-21-34(39)36-26-27-37-35-25-24-32(43(52)38-22-13-19-29-14-9-10-20-33(29)38)28-40(35)51(42(37)41(36)47)46-49-44(30-15-5-3-6-16-30)48-45(50-46)31-17-7-4-8-18-31/h3-28H,1-2H3. The van der Waals surface area contributed by atoms with Crippen LogP contribution in [0, 0.1) is 0 Å². The van der Waals surface area contributed by atoms with Gasteiger partial charge in [-0.1, -0.05) is 166 Å². The number of rotatable bonds is 5. The molecule has 5 nitrogen and oxygen atoms in total. The highest BCUT2D eigenvalue weighted by Crippen LogP contribution is 2.53. The van der Waals surface area contributed by atoms with Crippen molar-refractivity contribution in [3.63, 3.8) is 0 Å². The number of aromatic nitrogens is 4. The molecule has 2 aromatic heterocycles. The summed E-state index contributed by atoms with van der Waals surface area (Å²) >= 11 is 0. The molecule has 0 N–H and O–H groups in total. The molecular formula is C47H32N4O. The van der Waals surface area contributed by atoms with Crippen molar-refractivity contribution in [2.45, 2.75) is 19.3 Å². The average molecular weight is 669 g/mol. The minimum absolute atomic E-state index is 0.0286. The molecule has 0 fully saturated rings. The number of carbonyl (C=O) groups excluding carboxylic acids is 1. The van der Waals surface area contributed by atoms with Gasteiger partial charge in [-0.3, -0.25) is 9.36 Å². The molecule has 10 rings (SSSR count). The third-order valence-corrected chi connectivity index (χ3v) is 10.6. The summed E-state index contributed by atoms with van der Waals surface area (Å²) in [7, 11) is 0. The van der Waals surface area contributed by atoms with Crippen LogP contribution in [0.25, 0.3) is 72.4 Å². The van der Waals surface area contributed by atoms with Crippen LogP contribution in [0.1, 0.15) is 40.9 Å². The summed E-state index contributed by atoms with van der Waals surface area (Å²) in [6.45, 7) is 4.60. The zero-order valence-corrected chi connectivity index (χ0v) is 28.7. The van der Waals surface area contributed by atoms with Gasteiger partial charge in [0.25, 0.3) is 0 Å². The van der Waals surface area contributed by atoms with Gasteiger partial charge in [0.2, 0.25) is 5.95 Å². The second-order valence-electron chi connectivity index (χ2n) is 14.0. The van der Waals surface area contributed by atoms with Crippen LogP contribution in [0.2, 0.25) is 0 Å². The molecule has 0 aliphatic heterocycles. The predicted octanol–water partition coefficient (Wildman–Crippen LogP) is 11.0. The second-order valence-corrected chi connectivity index (χ2v) is 14.0. The molecule has 7 aromatic carbocycles. The Morgan fingerprint density at radius 2 is 1.19 bits per heavy atom. The number of hydrogen-bond acceptors (Lipinski definition) is 4. The predicted molar refractivity (Wildman–Crippen MR) is 210 cm³/mol. The van der Waals surface area contributed by atoms with E-state index >= 15 is 0 Å². The number of hydrogen-bond donors (Lipinski definition) is 0. The molecular weight excluding hydrogens is 637 g/mol. The number of benzene rings is 7. The monoisotopic (exact) mass is 668 g/mol. The van der Waals surface area contributed by atoms with E-state index in [-0.39, 0.29) is 11.2 Å². The number of carbonyl (C=O) groups is 1. The van der Waals surface area contributed by atoms with Crippen molar-refractivity contribution in [3.05, 3.63) is 180 Å². The summed E-state index contributed by atoms with van der Waals surface area (Å²) in [4.78, 5) is 29.9. The fourth-order valence-corrected chi connectivity index (χ4v) is 8.19. The molecule has 0 unspecified atom stereocenters. The second kappa shape index (κ2) is 11.4. The maximum absolute atomic E-state index is 14.4. The minimum atomic E-state index is -0.309. The van der Waals surface area contributed by atoms with Gasteiger partial charge in [-0.15, -0.1) is 0 Å². The van der Waals surface area contributed by atoms with Crippen LogP contribution in [-0.4, -0.2) is 25.3 Å². The van der Waals surface area contributed by atoms with E-state index in [1.54, 1.807) is 0 Å². The smallest absolute Gasteiger partial charge is 0.238 e. The van der Waals surface area contributed by atoms with Crippen LogP contribution in [-0.2, 0) is 5.41 Å². The lowest BCUT2D eigenvalue weighted by atomic mass is 9.81. The van der Waals surface area contributed by atoms with E-state index in [9.17, 15) is 4.79 Å². The van der Waals surface area contributed by atoms with Gasteiger partial charge in [0, 0.05) is 38.4 Å². The van der Waals surface area contributed by atoms with E-state index in [1.165, 1.54) is 22.3 Å². The summed E-state index contributed by atoms with van der Waals surface area (Å²) in [6.07, 6.45) is 0. The Labute approximate surface area is 300 Å². The van der Waals surface area contributed by atoms with Gasteiger partial charge < -0.3 is 0 Å². The summed E-state index contributed by atoms with van der Waals surface area (Å²) in [5, 5.41) is 4.09. The topological polar surface area (TPSA) is 60.7 Å². The lowest BCUT2D eigenvalue weighted by Gasteiger charge is -2.23. The highest BCUT2D eigenvalue weighted by molar-refractivity contribution is 6.19. The Balaban J connectivity index is 1.31. The third-order valence-electron chi connectivity index (χ3n) is 10.6. The molecule has 0 bridgehead atoms. The van der Waals surface area contributed by atoms with E-state index < -0.39 is 0 Å². The molecule has 0 radical (unpaired) electrons. The number of fused-ring (bicyclic) bond motifs is 8. The molecule has 52 heavy (non-hydrogen) atoms. The molecule has 1 aliphatic carbocycles. The molecule has 0 atom stereocenters. The van der Waals surface area contributed by atoms with Gasteiger partial charge in [-0.05, 0) is 39.1 Å². The first-order valence-electron chi connectivity index (χ1n) is 17.6. The van der Waals surface area contributed by atoms with E-state index in [1.807, 2.05) is 115 Å². The van der Waals surface area contributed by atoms with Gasteiger partial charge >= 0.3 is 0 Å². The van der Waals surface area contributed by atoms with Crippen molar-refractivity contribution in [3.8, 4) is 39.9 Å². The quantitative estimate of drug-likeness (QED) is 0.171. The molecule has 9 aromatic rings. The van der Waals surface area contributed by atoms with E-state index in [0.717, 1.165) is 43.7 Å². The van der Waals surface area contributed by atoms with E-state index in [2.05, 4.69) is 60.9 Å². The first kappa shape index (κ1) is 30.1. The molecule has 0 saturated heterocycles. The van der Waals surface area contributed by atoms with Crippen LogP contribution < -0.4 is 0 Å².